The van der Waals surface area contributed by atoms with Crippen molar-refractivity contribution >= 4 is 11.9 Å². The summed E-state index contributed by atoms with van der Waals surface area (Å²) < 4.78 is 11.7. The molecule has 0 amide bonds. The zero-order valence-electron chi connectivity index (χ0n) is 17.1. The molecule has 0 aliphatic carbocycles. The second kappa shape index (κ2) is 9.08. The highest BCUT2D eigenvalue weighted by Crippen LogP contribution is 2.22. The third-order valence-corrected chi connectivity index (χ3v) is 4.68. The Morgan fingerprint density at radius 2 is 1.52 bits per heavy atom. The molecule has 0 aliphatic heterocycles. The molecule has 2 heterocycles. The molecule has 8 nitrogen and oxygen atoms in total. The zero-order chi connectivity index (χ0) is 21.6. The van der Waals surface area contributed by atoms with Gasteiger partial charge in [-0.25, -0.2) is 0 Å². The molecular formula is C23H21N5O3. The second-order valence-corrected chi connectivity index (χ2v) is 6.64. The first-order chi connectivity index (χ1) is 15.2. The molecule has 0 unspecified atom stereocenters. The Balaban J connectivity index is 1.65. The lowest BCUT2D eigenvalue weighted by molar-refractivity contribution is 0.0947. The maximum absolute atomic E-state index is 13.1. The Morgan fingerprint density at radius 1 is 0.903 bits per heavy atom. The molecule has 2 aromatic heterocycles. The van der Waals surface area contributed by atoms with Gasteiger partial charge in [0, 0.05) is 30.1 Å². The maximum atomic E-state index is 13.1. The Labute approximate surface area is 179 Å². The summed E-state index contributed by atoms with van der Waals surface area (Å²) in [5.41, 5.74) is 2.25. The Kier molecular flexibility index (Phi) is 5.89. The molecule has 0 spiro atoms. The SMILES string of the molecule is COc1ccc(CNc2nc(-c3ccc(OC)cc3)nn2C(=O)c2ccncc2)cc1. The van der Waals surface area contributed by atoms with Crippen molar-refractivity contribution in [3.63, 3.8) is 0 Å². The summed E-state index contributed by atoms with van der Waals surface area (Å²) in [6.07, 6.45) is 3.14. The van der Waals surface area contributed by atoms with Crippen molar-refractivity contribution in [2.75, 3.05) is 19.5 Å². The van der Waals surface area contributed by atoms with E-state index in [1.165, 1.54) is 4.68 Å². The van der Waals surface area contributed by atoms with Gasteiger partial charge in [-0.15, -0.1) is 5.10 Å². The summed E-state index contributed by atoms with van der Waals surface area (Å²) >= 11 is 0. The Morgan fingerprint density at radius 3 is 2.13 bits per heavy atom. The molecule has 4 rings (SSSR count). The van der Waals surface area contributed by atoms with Crippen LogP contribution in [-0.4, -0.2) is 39.9 Å². The van der Waals surface area contributed by atoms with Gasteiger partial charge in [0.05, 0.1) is 14.2 Å². The van der Waals surface area contributed by atoms with Crippen LogP contribution in [0.2, 0.25) is 0 Å². The standard InChI is InChI=1S/C23H21N5O3/c1-30-19-7-3-16(4-8-19)15-25-23-26-21(17-5-9-20(31-2)10-6-17)27-28(23)22(29)18-11-13-24-14-12-18/h3-14H,15H2,1-2H3,(H,25,26,27). The number of rotatable bonds is 7. The molecule has 1 N–H and O–H groups in total. The van der Waals surface area contributed by atoms with Crippen LogP contribution in [0.15, 0.2) is 73.1 Å². The third-order valence-electron chi connectivity index (χ3n) is 4.68. The van der Waals surface area contributed by atoms with Gasteiger partial charge in [0.15, 0.2) is 5.82 Å². The van der Waals surface area contributed by atoms with Crippen molar-refractivity contribution in [3.8, 4) is 22.9 Å². The number of carbonyl (C=O) groups excluding carboxylic acids is 1. The van der Waals surface area contributed by atoms with Crippen molar-refractivity contribution < 1.29 is 14.3 Å². The van der Waals surface area contributed by atoms with Gasteiger partial charge in [0.25, 0.3) is 5.91 Å². The Bertz CT molecular complexity index is 1160. The summed E-state index contributed by atoms with van der Waals surface area (Å²) in [5, 5.41) is 7.68. The number of methoxy groups -OCH3 is 2. The highest BCUT2D eigenvalue weighted by molar-refractivity contribution is 5.96. The molecule has 156 valence electrons. The predicted molar refractivity (Wildman–Crippen MR) is 116 cm³/mol. The fourth-order valence-corrected chi connectivity index (χ4v) is 2.97. The smallest absolute Gasteiger partial charge is 0.281 e. The number of hydrogen-bond donors (Lipinski definition) is 1. The van der Waals surface area contributed by atoms with Crippen molar-refractivity contribution in [3.05, 3.63) is 84.2 Å². The van der Waals surface area contributed by atoms with E-state index >= 15 is 0 Å². The van der Waals surface area contributed by atoms with E-state index in [4.69, 9.17) is 9.47 Å². The van der Waals surface area contributed by atoms with E-state index in [9.17, 15) is 4.79 Å². The average molecular weight is 415 g/mol. The van der Waals surface area contributed by atoms with Crippen molar-refractivity contribution in [2.45, 2.75) is 6.54 Å². The maximum Gasteiger partial charge on any atom is 0.281 e. The molecule has 0 saturated carbocycles. The predicted octanol–water partition coefficient (Wildman–Crippen LogP) is 3.66. The van der Waals surface area contributed by atoms with Crippen LogP contribution in [0, 0.1) is 0 Å². The number of pyridine rings is 1. The summed E-state index contributed by atoms with van der Waals surface area (Å²) in [7, 11) is 3.23. The van der Waals surface area contributed by atoms with Crippen LogP contribution in [-0.2, 0) is 6.54 Å². The number of hydrogen-bond acceptors (Lipinski definition) is 7. The number of ether oxygens (including phenoxy) is 2. The third kappa shape index (κ3) is 4.53. The fraction of sp³-hybridized carbons (Fsp3) is 0.130. The van der Waals surface area contributed by atoms with E-state index in [2.05, 4.69) is 20.4 Å². The summed E-state index contributed by atoms with van der Waals surface area (Å²) in [6.45, 7) is 0.467. The number of nitrogens with zero attached hydrogens (tertiary/aromatic N) is 4. The monoisotopic (exact) mass is 415 g/mol. The topological polar surface area (TPSA) is 91.2 Å². The lowest BCUT2D eigenvalue weighted by atomic mass is 10.2. The van der Waals surface area contributed by atoms with Gasteiger partial charge >= 0.3 is 0 Å². The minimum Gasteiger partial charge on any atom is -0.497 e. The number of nitrogens with one attached hydrogen (secondary N) is 1. The molecule has 0 radical (unpaired) electrons. The molecule has 0 bridgehead atoms. The summed E-state index contributed by atoms with van der Waals surface area (Å²) in [6, 6.07) is 18.3. The number of aromatic nitrogens is 4. The fourth-order valence-electron chi connectivity index (χ4n) is 2.97. The van der Waals surface area contributed by atoms with Crippen LogP contribution in [0.4, 0.5) is 5.95 Å². The minimum atomic E-state index is -0.299. The average Bonchev–Trinajstić information content (AvgIpc) is 3.27. The molecule has 4 aromatic rings. The van der Waals surface area contributed by atoms with E-state index < -0.39 is 0 Å². The molecule has 0 aliphatic rings. The number of benzene rings is 2. The van der Waals surface area contributed by atoms with Crippen LogP contribution >= 0.6 is 0 Å². The first-order valence-electron chi connectivity index (χ1n) is 9.61. The second-order valence-electron chi connectivity index (χ2n) is 6.64. The molecule has 0 fully saturated rings. The normalized spacial score (nSPS) is 10.5. The van der Waals surface area contributed by atoms with Crippen molar-refractivity contribution in [2.24, 2.45) is 0 Å². The molecule has 0 atom stereocenters. The van der Waals surface area contributed by atoms with Crippen LogP contribution in [0.25, 0.3) is 11.4 Å². The summed E-state index contributed by atoms with van der Waals surface area (Å²) in [5.74, 6) is 1.99. The largest absolute Gasteiger partial charge is 0.497 e. The highest BCUT2D eigenvalue weighted by Gasteiger charge is 2.19. The van der Waals surface area contributed by atoms with Gasteiger partial charge in [-0.05, 0) is 54.1 Å². The van der Waals surface area contributed by atoms with E-state index in [0.717, 1.165) is 22.6 Å². The van der Waals surface area contributed by atoms with Crippen LogP contribution in [0.1, 0.15) is 15.9 Å². The van der Waals surface area contributed by atoms with E-state index in [1.54, 1.807) is 38.7 Å². The van der Waals surface area contributed by atoms with Gasteiger partial charge in [0.2, 0.25) is 5.95 Å². The number of anilines is 1. The number of carbonyl (C=O) groups is 1. The lowest BCUT2D eigenvalue weighted by Gasteiger charge is -2.08. The molecule has 8 heteroatoms. The quantitative estimate of drug-likeness (QED) is 0.492. The zero-order valence-corrected chi connectivity index (χ0v) is 17.1. The first-order valence-corrected chi connectivity index (χ1v) is 9.61. The first kappa shape index (κ1) is 20.1. The van der Waals surface area contributed by atoms with Crippen molar-refractivity contribution in [1.29, 1.82) is 0 Å². The van der Waals surface area contributed by atoms with Crippen LogP contribution in [0.5, 0.6) is 11.5 Å². The van der Waals surface area contributed by atoms with Crippen molar-refractivity contribution in [1.82, 2.24) is 19.7 Å². The lowest BCUT2D eigenvalue weighted by Crippen LogP contribution is -2.17. The van der Waals surface area contributed by atoms with Gasteiger partial charge in [0.1, 0.15) is 11.5 Å². The van der Waals surface area contributed by atoms with E-state index in [1.807, 2.05) is 48.5 Å². The summed E-state index contributed by atoms with van der Waals surface area (Å²) in [4.78, 5) is 21.6. The Hall–Kier alpha value is -4.20. The van der Waals surface area contributed by atoms with Gasteiger partial charge in [-0.2, -0.15) is 9.67 Å². The molecule has 2 aromatic carbocycles. The van der Waals surface area contributed by atoms with Crippen LogP contribution < -0.4 is 14.8 Å². The highest BCUT2D eigenvalue weighted by atomic mass is 16.5. The molecule has 31 heavy (non-hydrogen) atoms. The van der Waals surface area contributed by atoms with E-state index in [-0.39, 0.29) is 5.91 Å². The molecular weight excluding hydrogens is 394 g/mol. The van der Waals surface area contributed by atoms with Gasteiger partial charge < -0.3 is 14.8 Å². The van der Waals surface area contributed by atoms with Gasteiger partial charge in [-0.3, -0.25) is 9.78 Å². The minimum absolute atomic E-state index is 0.299. The van der Waals surface area contributed by atoms with E-state index in [0.29, 0.717) is 23.9 Å². The van der Waals surface area contributed by atoms with Gasteiger partial charge in [-0.1, -0.05) is 12.1 Å². The van der Waals surface area contributed by atoms with Crippen LogP contribution in [0.3, 0.4) is 0 Å². The molecule has 0 saturated heterocycles.